The van der Waals surface area contributed by atoms with Crippen LogP contribution in [0.4, 0.5) is 17.1 Å². The number of thioether (sulfide) groups is 1. The average Bonchev–Trinajstić information content (AvgIpc) is 2.58. The van der Waals surface area contributed by atoms with Gasteiger partial charge in [-0.3, -0.25) is 0 Å². The van der Waals surface area contributed by atoms with E-state index in [1.807, 2.05) is 23.9 Å². The minimum atomic E-state index is 0.672. The molecule has 1 saturated heterocycles. The summed E-state index contributed by atoms with van der Waals surface area (Å²) in [6, 6.07) is 5.97. The second-order valence-electron chi connectivity index (χ2n) is 4.59. The van der Waals surface area contributed by atoms with Crippen LogP contribution in [0.15, 0.2) is 18.2 Å². The topological polar surface area (TPSA) is 55.3 Å². The Hall–Kier alpha value is -1.03. The van der Waals surface area contributed by atoms with Crippen LogP contribution in [0.25, 0.3) is 0 Å². The maximum Gasteiger partial charge on any atom is 0.0568 e. The Morgan fingerprint density at radius 3 is 2.71 bits per heavy atom. The molecule has 1 fully saturated rings. The van der Waals surface area contributed by atoms with Gasteiger partial charge in [-0.15, -0.1) is 0 Å². The maximum absolute atomic E-state index is 5.86. The maximum atomic E-state index is 5.86. The van der Waals surface area contributed by atoms with E-state index in [1.165, 1.54) is 24.9 Å². The average molecular weight is 251 g/mol. The van der Waals surface area contributed by atoms with Gasteiger partial charge in [0.05, 0.1) is 11.4 Å². The number of anilines is 3. The van der Waals surface area contributed by atoms with E-state index >= 15 is 0 Å². The molecule has 4 N–H and O–H groups in total. The first-order valence-corrected chi connectivity index (χ1v) is 7.42. The molecule has 1 aromatic rings. The molecule has 0 aliphatic carbocycles. The molecule has 3 nitrogen and oxygen atoms in total. The van der Waals surface area contributed by atoms with Crippen LogP contribution in [0.3, 0.4) is 0 Å². The number of nitrogens with two attached hydrogens (primary N) is 2. The van der Waals surface area contributed by atoms with Crippen molar-refractivity contribution in [1.82, 2.24) is 0 Å². The number of nitrogen functional groups attached to an aromatic ring is 2. The molecule has 4 heteroatoms. The molecule has 1 atom stereocenters. The van der Waals surface area contributed by atoms with Crippen molar-refractivity contribution in [3.05, 3.63) is 18.2 Å². The van der Waals surface area contributed by atoms with Gasteiger partial charge in [0.25, 0.3) is 0 Å². The highest BCUT2D eigenvalue weighted by molar-refractivity contribution is 7.99. The monoisotopic (exact) mass is 251 g/mol. The molecule has 0 radical (unpaired) electrons. The predicted molar refractivity (Wildman–Crippen MR) is 78.6 cm³/mol. The zero-order valence-electron chi connectivity index (χ0n) is 10.4. The van der Waals surface area contributed by atoms with Crippen molar-refractivity contribution < 1.29 is 0 Å². The number of nitrogens with zero attached hydrogens (tertiary/aromatic N) is 1. The Labute approximate surface area is 108 Å². The van der Waals surface area contributed by atoms with Crippen LogP contribution in [0.2, 0.25) is 0 Å². The molecule has 0 amide bonds. The number of hydrogen-bond donors (Lipinski definition) is 2. The fourth-order valence-corrected chi connectivity index (χ4v) is 3.06. The number of rotatable bonds is 2. The summed E-state index contributed by atoms with van der Waals surface area (Å²) >= 11 is 1.99. The van der Waals surface area contributed by atoms with Crippen molar-refractivity contribution in [2.75, 3.05) is 35.7 Å². The molecule has 0 saturated carbocycles. The number of hydrogen-bond acceptors (Lipinski definition) is 4. The summed E-state index contributed by atoms with van der Waals surface area (Å²) in [5.74, 6) is 0. The molecule has 0 bridgehead atoms. The summed E-state index contributed by atoms with van der Waals surface area (Å²) in [6.45, 7) is 2.25. The molecule has 1 aliphatic rings. The van der Waals surface area contributed by atoms with E-state index in [2.05, 4.69) is 17.2 Å². The molecule has 1 heterocycles. The third-order valence-corrected chi connectivity index (χ3v) is 4.58. The largest absolute Gasteiger partial charge is 0.397 e. The molecular formula is C13H21N3S. The molecule has 94 valence electrons. The van der Waals surface area contributed by atoms with E-state index in [4.69, 9.17) is 11.5 Å². The van der Waals surface area contributed by atoms with Crippen molar-refractivity contribution in [3.63, 3.8) is 0 Å². The van der Waals surface area contributed by atoms with Gasteiger partial charge < -0.3 is 16.4 Å². The lowest BCUT2D eigenvalue weighted by atomic mass is 10.2. The van der Waals surface area contributed by atoms with Crippen molar-refractivity contribution in [3.8, 4) is 0 Å². The van der Waals surface area contributed by atoms with E-state index in [-0.39, 0.29) is 0 Å². The van der Waals surface area contributed by atoms with Gasteiger partial charge in [0, 0.05) is 24.0 Å². The van der Waals surface area contributed by atoms with Crippen molar-refractivity contribution >= 4 is 28.8 Å². The van der Waals surface area contributed by atoms with E-state index in [0.717, 1.165) is 18.3 Å². The second kappa shape index (κ2) is 5.54. The Morgan fingerprint density at radius 1 is 1.18 bits per heavy atom. The van der Waals surface area contributed by atoms with Crippen LogP contribution in [-0.2, 0) is 0 Å². The van der Waals surface area contributed by atoms with Gasteiger partial charge in [-0.25, -0.2) is 0 Å². The Bertz CT molecular complexity index is 381. The van der Waals surface area contributed by atoms with Crippen molar-refractivity contribution in [2.24, 2.45) is 0 Å². The summed E-state index contributed by atoms with van der Waals surface area (Å²) in [4.78, 5) is 2.42. The summed E-state index contributed by atoms with van der Waals surface area (Å²) in [5.41, 5.74) is 14.2. The van der Waals surface area contributed by atoms with E-state index in [1.54, 1.807) is 0 Å². The van der Waals surface area contributed by atoms with E-state index in [9.17, 15) is 0 Å². The van der Waals surface area contributed by atoms with Gasteiger partial charge >= 0.3 is 0 Å². The first-order valence-electron chi connectivity index (χ1n) is 6.13. The molecule has 0 aromatic heterocycles. The first-order chi connectivity index (χ1) is 8.20. The first kappa shape index (κ1) is 12.4. The molecule has 17 heavy (non-hydrogen) atoms. The summed E-state index contributed by atoms with van der Waals surface area (Å²) in [5, 5.41) is 0.811. The number of benzene rings is 1. The standard InChI is InChI=1S/C13H21N3S/c1-17-11-3-2-7-16(8-6-11)10-4-5-12(14)13(15)9-10/h4-5,9,11H,2-3,6-8,14-15H2,1H3. The fraction of sp³-hybridized carbons (Fsp3) is 0.538. The Balaban J connectivity index is 2.08. The molecule has 1 unspecified atom stereocenters. The Kier molecular flexibility index (Phi) is 4.05. The molecule has 1 aliphatic heterocycles. The van der Waals surface area contributed by atoms with Gasteiger partial charge in [0.15, 0.2) is 0 Å². The van der Waals surface area contributed by atoms with E-state index < -0.39 is 0 Å². The van der Waals surface area contributed by atoms with E-state index in [0.29, 0.717) is 11.4 Å². The summed E-state index contributed by atoms with van der Waals surface area (Å²) in [7, 11) is 0. The molecule has 0 spiro atoms. The quantitative estimate of drug-likeness (QED) is 0.793. The summed E-state index contributed by atoms with van der Waals surface area (Å²) < 4.78 is 0. The lowest BCUT2D eigenvalue weighted by molar-refractivity contribution is 0.745. The van der Waals surface area contributed by atoms with Crippen LogP contribution in [0, 0.1) is 0 Å². The third kappa shape index (κ3) is 3.00. The van der Waals surface area contributed by atoms with Gasteiger partial charge in [0.2, 0.25) is 0 Å². The molecule has 1 aromatic carbocycles. The van der Waals surface area contributed by atoms with Crippen LogP contribution < -0.4 is 16.4 Å². The van der Waals surface area contributed by atoms with Crippen LogP contribution in [0.5, 0.6) is 0 Å². The lowest BCUT2D eigenvalue weighted by Crippen LogP contribution is -2.24. The third-order valence-electron chi connectivity index (χ3n) is 3.44. The summed E-state index contributed by atoms with van der Waals surface area (Å²) in [6.07, 6.45) is 6.05. The predicted octanol–water partition coefficient (Wildman–Crippen LogP) is 2.57. The highest BCUT2D eigenvalue weighted by Crippen LogP contribution is 2.27. The van der Waals surface area contributed by atoms with Crippen molar-refractivity contribution in [2.45, 2.75) is 24.5 Å². The lowest BCUT2D eigenvalue weighted by Gasteiger charge is -2.23. The smallest absolute Gasteiger partial charge is 0.0568 e. The Morgan fingerprint density at radius 2 is 2.00 bits per heavy atom. The van der Waals surface area contributed by atoms with Gasteiger partial charge in [-0.2, -0.15) is 11.8 Å². The van der Waals surface area contributed by atoms with Gasteiger partial charge in [0.1, 0.15) is 0 Å². The molecular weight excluding hydrogens is 230 g/mol. The van der Waals surface area contributed by atoms with Gasteiger partial charge in [-0.1, -0.05) is 0 Å². The highest BCUT2D eigenvalue weighted by atomic mass is 32.2. The normalized spacial score (nSPS) is 21.2. The zero-order chi connectivity index (χ0) is 12.3. The second-order valence-corrected chi connectivity index (χ2v) is 5.73. The van der Waals surface area contributed by atoms with Crippen LogP contribution >= 0.6 is 11.8 Å². The highest BCUT2D eigenvalue weighted by Gasteiger charge is 2.16. The van der Waals surface area contributed by atoms with Crippen LogP contribution in [0.1, 0.15) is 19.3 Å². The minimum Gasteiger partial charge on any atom is -0.397 e. The van der Waals surface area contributed by atoms with Crippen molar-refractivity contribution in [1.29, 1.82) is 0 Å². The fourth-order valence-electron chi connectivity index (χ4n) is 2.32. The minimum absolute atomic E-state index is 0.672. The molecule has 2 rings (SSSR count). The van der Waals surface area contributed by atoms with Gasteiger partial charge in [-0.05, 0) is 43.7 Å². The van der Waals surface area contributed by atoms with Crippen LogP contribution in [-0.4, -0.2) is 24.6 Å². The SMILES string of the molecule is CSC1CCCN(c2ccc(N)c(N)c2)CC1. The zero-order valence-corrected chi connectivity index (χ0v) is 11.2.